The lowest BCUT2D eigenvalue weighted by molar-refractivity contribution is -0.384. The summed E-state index contributed by atoms with van der Waals surface area (Å²) in [5.74, 6) is 2.25. The monoisotopic (exact) mass is 465 g/mol. The van der Waals surface area contributed by atoms with Gasteiger partial charge in [-0.15, -0.1) is 0 Å². The summed E-state index contributed by atoms with van der Waals surface area (Å²) < 4.78 is 17.5. The van der Waals surface area contributed by atoms with Crippen LogP contribution in [0.25, 0.3) is 11.1 Å². The third-order valence-corrected chi connectivity index (χ3v) is 5.95. The molecule has 4 aromatic rings. The molecule has 1 heterocycles. The fraction of sp³-hybridized carbons (Fsp3) is 0.103. The Bertz CT molecular complexity index is 1380. The van der Waals surface area contributed by atoms with Crippen molar-refractivity contribution < 1.29 is 19.1 Å². The molecule has 0 bridgehead atoms. The quantitative estimate of drug-likeness (QED) is 0.229. The number of rotatable bonds is 7. The van der Waals surface area contributed by atoms with Gasteiger partial charge in [-0.3, -0.25) is 10.1 Å². The molecular formula is C29H23NO5. The lowest BCUT2D eigenvalue weighted by atomic mass is 9.87. The molecule has 35 heavy (non-hydrogen) atoms. The summed E-state index contributed by atoms with van der Waals surface area (Å²) in [6, 6.07) is 30.2. The number of nitrogens with zero attached hydrogens (tertiary/aromatic N) is 1. The van der Waals surface area contributed by atoms with Gasteiger partial charge >= 0.3 is 0 Å². The molecule has 0 unspecified atom stereocenters. The number of nitro benzene ring substituents is 1. The highest BCUT2D eigenvalue weighted by Gasteiger charge is 2.24. The smallest absolute Gasteiger partial charge is 0.269 e. The van der Waals surface area contributed by atoms with Crippen LogP contribution in [0.15, 0.2) is 97.1 Å². The summed E-state index contributed by atoms with van der Waals surface area (Å²) in [6.45, 7) is 0.799. The molecule has 174 valence electrons. The van der Waals surface area contributed by atoms with E-state index in [0.29, 0.717) is 13.2 Å². The molecule has 0 N–H and O–H groups in total. The van der Waals surface area contributed by atoms with E-state index in [9.17, 15) is 10.1 Å². The molecule has 0 spiro atoms. The Kier molecular flexibility index (Phi) is 6.18. The minimum atomic E-state index is -0.397. The first kappa shape index (κ1) is 22.2. The largest absolute Gasteiger partial charge is 0.497 e. The Morgan fingerprint density at radius 1 is 0.857 bits per heavy atom. The van der Waals surface area contributed by atoms with Gasteiger partial charge in [-0.05, 0) is 64.7 Å². The number of benzene rings is 4. The number of fused-ring (bicyclic) bond motifs is 1. The van der Waals surface area contributed by atoms with Gasteiger partial charge < -0.3 is 14.2 Å². The Balaban J connectivity index is 1.59. The molecule has 0 aliphatic carbocycles. The van der Waals surface area contributed by atoms with E-state index >= 15 is 0 Å². The van der Waals surface area contributed by atoms with E-state index in [2.05, 4.69) is 0 Å². The number of hydrogen-bond donors (Lipinski definition) is 0. The Morgan fingerprint density at radius 2 is 1.54 bits per heavy atom. The van der Waals surface area contributed by atoms with Crippen molar-refractivity contribution in [1.29, 1.82) is 0 Å². The van der Waals surface area contributed by atoms with Crippen molar-refractivity contribution in [2.45, 2.75) is 6.61 Å². The minimum absolute atomic E-state index is 0.0501. The second kappa shape index (κ2) is 9.73. The summed E-state index contributed by atoms with van der Waals surface area (Å²) in [6.07, 6.45) is 0. The highest BCUT2D eigenvalue weighted by molar-refractivity contribution is 6.02. The molecule has 0 aromatic heterocycles. The van der Waals surface area contributed by atoms with Crippen LogP contribution in [-0.2, 0) is 6.61 Å². The van der Waals surface area contributed by atoms with E-state index in [1.807, 2.05) is 72.8 Å². The molecule has 0 radical (unpaired) electrons. The molecule has 0 saturated heterocycles. The van der Waals surface area contributed by atoms with Gasteiger partial charge in [-0.1, -0.05) is 42.5 Å². The lowest BCUT2D eigenvalue weighted by Crippen LogP contribution is -2.12. The van der Waals surface area contributed by atoms with Crippen LogP contribution in [0.5, 0.6) is 17.2 Å². The fourth-order valence-electron chi connectivity index (χ4n) is 4.15. The zero-order chi connectivity index (χ0) is 24.2. The summed E-state index contributed by atoms with van der Waals surface area (Å²) in [5.41, 5.74) is 5.82. The zero-order valence-corrected chi connectivity index (χ0v) is 19.1. The molecule has 0 fully saturated rings. The van der Waals surface area contributed by atoms with Gasteiger partial charge in [-0.2, -0.15) is 0 Å². The van der Waals surface area contributed by atoms with Gasteiger partial charge in [0.05, 0.1) is 12.0 Å². The highest BCUT2D eigenvalue weighted by atomic mass is 16.6. The van der Waals surface area contributed by atoms with Crippen LogP contribution in [-0.4, -0.2) is 18.6 Å². The van der Waals surface area contributed by atoms with E-state index in [-0.39, 0.29) is 5.69 Å². The van der Waals surface area contributed by atoms with E-state index in [0.717, 1.165) is 50.6 Å². The Hall–Kier alpha value is -4.58. The fourth-order valence-corrected chi connectivity index (χ4v) is 4.15. The van der Waals surface area contributed by atoms with Crippen LogP contribution in [0.3, 0.4) is 0 Å². The van der Waals surface area contributed by atoms with E-state index in [1.54, 1.807) is 19.2 Å². The molecule has 0 saturated carbocycles. The zero-order valence-electron chi connectivity index (χ0n) is 19.1. The second-order valence-corrected chi connectivity index (χ2v) is 8.11. The van der Waals surface area contributed by atoms with Crippen molar-refractivity contribution in [3.63, 3.8) is 0 Å². The van der Waals surface area contributed by atoms with Gasteiger partial charge in [0.25, 0.3) is 5.69 Å². The van der Waals surface area contributed by atoms with E-state index in [1.165, 1.54) is 12.1 Å². The van der Waals surface area contributed by atoms with Crippen molar-refractivity contribution in [3.8, 4) is 17.2 Å². The third kappa shape index (κ3) is 4.73. The van der Waals surface area contributed by atoms with Crippen LogP contribution in [0.1, 0.15) is 22.3 Å². The first-order chi connectivity index (χ1) is 17.1. The maximum absolute atomic E-state index is 11.1. The second-order valence-electron chi connectivity index (χ2n) is 8.11. The molecule has 6 nitrogen and oxygen atoms in total. The lowest BCUT2D eigenvalue weighted by Gasteiger charge is -2.25. The Morgan fingerprint density at radius 3 is 2.23 bits per heavy atom. The van der Waals surface area contributed by atoms with Gasteiger partial charge in [0.1, 0.15) is 30.5 Å². The van der Waals surface area contributed by atoms with Crippen molar-refractivity contribution in [2.75, 3.05) is 13.7 Å². The van der Waals surface area contributed by atoms with Crippen molar-refractivity contribution in [3.05, 3.63) is 129 Å². The number of nitro groups is 1. The molecule has 0 atom stereocenters. The molecule has 0 amide bonds. The van der Waals surface area contributed by atoms with Crippen molar-refractivity contribution in [2.24, 2.45) is 0 Å². The standard InChI is InChI=1S/C29H23NO5/c1-33-24-13-9-22(10-14-24)29-26-17-25(34-18-20-5-3-2-4-6-20)15-16-28(26)35-19-27(29)21-7-11-23(12-8-21)30(31)32/h2-17H,18-19H2,1H3. The number of hydrogen-bond acceptors (Lipinski definition) is 5. The van der Waals surface area contributed by atoms with Crippen LogP contribution < -0.4 is 14.2 Å². The maximum atomic E-state index is 11.1. The topological polar surface area (TPSA) is 70.8 Å². The van der Waals surface area contributed by atoms with Gasteiger partial charge in [0.2, 0.25) is 0 Å². The average Bonchev–Trinajstić information content (AvgIpc) is 2.92. The first-order valence-corrected chi connectivity index (χ1v) is 11.2. The van der Waals surface area contributed by atoms with Crippen LogP contribution in [0.4, 0.5) is 5.69 Å². The summed E-state index contributed by atoms with van der Waals surface area (Å²) >= 11 is 0. The van der Waals surface area contributed by atoms with E-state index < -0.39 is 4.92 Å². The normalized spacial score (nSPS) is 12.5. The highest BCUT2D eigenvalue weighted by Crippen LogP contribution is 2.43. The Labute approximate surface area is 203 Å². The number of methoxy groups -OCH3 is 1. The van der Waals surface area contributed by atoms with Crippen molar-refractivity contribution >= 4 is 16.8 Å². The molecule has 1 aliphatic rings. The predicted octanol–water partition coefficient (Wildman–Crippen LogP) is 6.53. The van der Waals surface area contributed by atoms with Crippen LogP contribution in [0, 0.1) is 10.1 Å². The van der Waals surface area contributed by atoms with Gasteiger partial charge in [0, 0.05) is 23.3 Å². The third-order valence-electron chi connectivity index (χ3n) is 5.95. The van der Waals surface area contributed by atoms with Crippen LogP contribution in [0.2, 0.25) is 0 Å². The maximum Gasteiger partial charge on any atom is 0.269 e. The summed E-state index contributed by atoms with van der Waals surface area (Å²) in [7, 11) is 1.64. The molecule has 5 rings (SSSR count). The number of non-ortho nitro benzene ring substituents is 1. The molecule has 6 heteroatoms. The first-order valence-electron chi connectivity index (χ1n) is 11.2. The van der Waals surface area contributed by atoms with E-state index in [4.69, 9.17) is 14.2 Å². The molecular weight excluding hydrogens is 442 g/mol. The molecule has 4 aromatic carbocycles. The van der Waals surface area contributed by atoms with Crippen molar-refractivity contribution in [1.82, 2.24) is 0 Å². The predicted molar refractivity (Wildman–Crippen MR) is 135 cm³/mol. The van der Waals surface area contributed by atoms with Crippen LogP contribution >= 0.6 is 0 Å². The van der Waals surface area contributed by atoms with Gasteiger partial charge in [0.15, 0.2) is 0 Å². The molecule has 1 aliphatic heterocycles. The average molecular weight is 466 g/mol. The summed E-state index contributed by atoms with van der Waals surface area (Å²) in [4.78, 5) is 10.7. The van der Waals surface area contributed by atoms with Gasteiger partial charge in [-0.25, -0.2) is 0 Å². The number of ether oxygens (including phenoxy) is 3. The summed E-state index contributed by atoms with van der Waals surface area (Å²) in [5, 5.41) is 11.1. The SMILES string of the molecule is COc1ccc(C2=C(c3ccc([N+](=O)[O-])cc3)COc3ccc(OCc4ccccc4)cc32)cc1. The minimum Gasteiger partial charge on any atom is -0.497 e.